The van der Waals surface area contributed by atoms with Crippen molar-refractivity contribution >= 4 is 34.5 Å². The normalized spacial score (nSPS) is 14.8. The first kappa shape index (κ1) is 29.0. The second-order valence-electron chi connectivity index (χ2n) is 11.9. The molecule has 1 fully saturated rings. The Kier molecular flexibility index (Phi) is 8.71. The highest BCUT2D eigenvalue weighted by Crippen LogP contribution is 2.27. The van der Waals surface area contributed by atoms with Crippen LogP contribution in [-0.2, 0) is 4.74 Å². The van der Waals surface area contributed by atoms with Crippen LogP contribution in [0.1, 0.15) is 62.5 Å². The Morgan fingerprint density at radius 1 is 0.976 bits per heavy atom. The number of nitrogens with zero attached hydrogens (tertiary/aromatic N) is 4. The molecule has 1 aliphatic rings. The third-order valence-corrected chi connectivity index (χ3v) is 7.53. The van der Waals surface area contributed by atoms with E-state index in [1.54, 1.807) is 22.1 Å². The number of benzene rings is 3. The van der Waals surface area contributed by atoms with Crippen LogP contribution >= 0.6 is 0 Å². The minimum Gasteiger partial charge on any atom is -0.444 e. The number of nitrogens with one attached hydrogen (secondary N) is 1. The average molecular weight is 566 g/mol. The van der Waals surface area contributed by atoms with Gasteiger partial charge in [-0.2, -0.15) is 4.98 Å². The highest BCUT2D eigenvalue weighted by Gasteiger charge is 2.30. The predicted molar refractivity (Wildman–Crippen MR) is 167 cm³/mol. The third-order valence-electron chi connectivity index (χ3n) is 7.53. The Labute approximate surface area is 247 Å². The molecule has 1 aromatic heterocycles. The number of carbonyl (C=O) groups excluding carboxylic acids is 2. The van der Waals surface area contributed by atoms with Gasteiger partial charge in [0.1, 0.15) is 11.4 Å². The molecule has 1 atom stereocenters. The Morgan fingerprint density at radius 2 is 1.67 bits per heavy atom. The molecule has 4 aromatic rings. The molecule has 5 rings (SSSR count). The second kappa shape index (κ2) is 12.6. The summed E-state index contributed by atoms with van der Waals surface area (Å²) in [4.78, 5) is 39.7. The van der Waals surface area contributed by atoms with Crippen LogP contribution in [0.4, 0.5) is 16.6 Å². The van der Waals surface area contributed by atoms with Crippen molar-refractivity contribution in [3.8, 4) is 0 Å². The number of rotatable bonds is 7. The van der Waals surface area contributed by atoms with E-state index in [9.17, 15) is 9.59 Å². The molecule has 8 heteroatoms. The molecule has 8 nitrogen and oxygen atoms in total. The fraction of sp³-hybridized carbons (Fsp3) is 0.353. The van der Waals surface area contributed by atoms with Gasteiger partial charge in [0.2, 0.25) is 5.95 Å². The number of hydrogen-bond donors (Lipinski definition) is 1. The average Bonchev–Trinajstić information content (AvgIpc) is 2.99. The van der Waals surface area contributed by atoms with Crippen LogP contribution in [0.5, 0.6) is 0 Å². The van der Waals surface area contributed by atoms with E-state index in [4.69, 9.17) is 9.72 Å². The molecule has 2 heterocycles. The van der Waals surface area contributed by atoms with E-state index in [1.165, 1.54) is 0 Å². The van der Waals surface area contributed by atoms with Gasteiger partial charge in [0, 0.05) is 31.4 Å². The lowest BCUT2D eigenvalue weighted by molar-refractivity contribution is 0.0185. The van der Waals surface area contributed by atoms with Crippen molar-refractivity contribution < 1.29 is 14.3 Å². The summed E-state index contributed by atoms with van der Waals surface area (Å²) in [7, 11) is 0. The zero-order chi connectivity index (χ0) is 29.7. The van der Waals surface area contributed by atoms with Crippen LogP contribution < -0.4 is 10.2 Å². The summed E-state index contributed by atoms with van der Waals surface area (Å²) in [5.74, 6) is 1.08. The summed E-state index contributed by atoms with van der Waals surface area (Å²) in [5, 5.41) is 5.30. The summed E-state index contributed by atoms with van der Waals surface area (Å²) < 4.78 is 5.58. The largest absolute Gasteiger partial charge is 0.444 e. The molecule has 2 amide bonds. The molecule has 42 heavy (non-hydrogen) atoms. The van der Waals surface area contributed by atoms with Gasteiger partial charge in [-0.25, -0.2) is 9.78 Å². The Morgan fingerprint density at radius 3 is 2.40 bits per heavy atom. The zero-order valence-corrected chi connectivity index (χ0v) is 24.8. The molecule has 3 aromatic carbocycles. The van der Waals surface area contributed by atoms with Crippen LogP contribution in [0.2, 0.25) is 0 Å². The minimum atomic E-state index is -0.535. The van der Waals surface area contributed by atoms with Gasteiger partial charge in [0.15, 0.2) is 0 Å². The fourth-order valence-electron chi connectivity index (χ4n) is 5.31. The summed E-state index contributed by atoms with van der Waals surface area (Å²) in [5.41, 5.74) is 1.21. The van der Waals surface area contributed by atoms with Crippen LogP contribution in [0.25, 0.3) is 10.8 Å². The SMILES string of the molecule is C[C@H](Nc1nccc(N(CC2CCN(C(=O)OC(C)(C)C)CC2)C(=O)c2cccc3ccccc23)n1)c1ccccc1. The number of fused-ring (bicyclic) bond motifs is 1. The van der Waals surface area contributed by atoms with Crippen LogP contribution in [0.3, 0.4) is 0 Å². The number of anilines is 2. The molecule has 1 saturated heterocycles. The lowest BCUT2D eigenvalue weighted by Gasteiger charge is -2.35. The molecular weight excluding hydrogens is 526 g/mol. The van der Waals surface area contributed by atoms with Crippen LogP contribution in [0, 0.1) is 5.92 Å². The van der Waals surface area contributed by atoms with E-state index >= 15 is 0 Å². The Hall–Kier alpha value is -4.46. The standard InChI is InChI=1S/C34H39N5O3/c1-24(26-11-6-5-7-12-26)36-32-35-20-17-30(37-32)39(31(40)29-16-10-14-27-13-8-9-15-28(27)29)23-25-18-21-38(22-19-25)33(41)42-34(2,3)4/h5-17,20,24-25H,18-19,21-23H2,1-4H3,(H,35,36,37)/t24-/m0/s1. The van der Waals surface area contributed by atoms with Gasteiger partial charge < -0.3 is 15.0 Å². The topological polar surface area (TPSA) is 87.7 Å². The van der Waals surface area contributed by atoms with Crippen molar-refractivity contribution in [1.82, 2.24) is 14.9 Å². The van der Waals surface area contributed by atoms with E-state index < -0.39 is 5.60 Å². The quantitative estimate of drug-likeness (QED) is 0.257. The van der Waals surface area contributed by atoms with Crippen molar-refractivity contribution in [2.75, 3.05) is 29.9 Å². The molecule has 0 spiro atoms. The molecule has 0 saturated carbocycles. The number of likely N-dealkylation sites (tertiary alicyclic amines) is 1. The lowest BCUT2D eigenvalue weighted by Crippen LogP contribution is -2.45. The van der Waals surface area contributed by atoms with E-state index in [0.717, 1.165) is 29.2 Å². The first-order valence-corrected chi connectivity index (χ1v) is 14.6. The van der Waals surface area contributed by atoms with Crippen LogP contribution in [-0.4, -0.2) is 52.1 Å². The number of aromatic nitrogens is 2. The molecule has 0 radical (unpaired) electrons. The first-order valence-electron chi connectivity index (χ1n) is 14.6. The maximum atomic E-state index is 14.3. The Balaban J connectivity index is 1.40. The zero-order valence-electron chi connectivity index (χ0n) is 24.8. The molecule has 0 bridgehead atoms. The van der Waals surface area contributed by atoms with Gasteiger partial charge in [0.05, 0.1) is 6.04 Å². The van der Waals surface area contributed by atoms with Crippen LogP contribution in [0.15, 0.2) is 85.1 Å². The van der Waals surface area contributed by atoms with E-state index in [1.807, 2.05) is 81.4 Å². The molecule has 0 aliphatic carbocycles. The van der Waals surface area contributed by atoms with Crippen molar-refractivity contribution in [3.63, 3.8) is 0 Å². The van der Waals surface area contributed by atoms with E-state index in [0.29, 0.717) is 37.0 Å². The number of ether oxygens (including phenoxy) is 1. The lowest BCUT2D eigenvalue weighted by atomic mass is 9.95. The maximum absolute atomic E-state index is 14.3. The molecular formula is C34H39N5O3. The van der Waals surface area contributed by atoms with E-state index in [2.05, 4.69) is 29.4 Å². The van der Waals surface area contributed by atoms with E-state index in [-0.39, 0.29) is 24.0 Å². The van der Waals surface area contributed by atoms with Crippen molar-refractivity contribution in [2.24, 2.45) is 5.92 Å². The number of carbonyl (C=O) groups is 2. The van der Waals surface area contributed by atoms with Gasteiger partial charge in [-0.15, -0.1) is 0 Å². The smallest absolute Gasteiger partial charge is 0.410 e. The number of amides is 2. The highest BCUT2D eigenvalue weighted by atomic mass is 16.6. The van der Waals surface area contributed by atoms with Gasteiger partial charge in [-0.3, -0.25) is 9.69 Å². The Bertz CT molecular complexity index is 1520. The van der Waals surface area contributed by atoms with Gasteiger partial charge in [-0.1, -0.05) is 66.7 Å². The molecule has 1 N–H and O–H groups in total. The van der Waals surface area contributed by atoms with Crippen molar-refractivity contribution in [1.29, 1.82) is 0 Å². The predicted octanol–water partition coefficient (Wildman–Crippen LogP) is 7.10. The highest BCUT2D eigenvalue weighted by molar-refractivity contribution is 6.13. The molecule has 1 aliphatic heterocycles. The molecule has 218 valence electrons. The summed E-state index contributed by atoms with van der Waals surface area (Å²) in [6.45, 7) is 9.33. The van der Waals surface area contributed by atoms with Crippen molar-refractivity contribution in [2.45, 2.75) is 52.2 Å². The van der Waals surface area contributed by atoms with Crippen molar-refractivity contribution in [3.05, 3.63) is 96.2 Å². The summed E-state index contributed by atoms with van der Waals surface area (Å²) in [6.07, 6.45) is 2.93. The molecule has 0 unspecified atom stereocenters. The second-order valence-corrected chi connectivity index (χ2v) is 11.9. The first-order chi connectivity index (χ1) is 20.2. The maximum Gasteiger partial charge on any atom is 0.410 e. The van der Waals surface area contributed by atoms with Gasteiger partial charge in [-0.05, 0) is 74.9 Å². The summed E-state index contributed by atoms with van der Waals surface area (Å²) >= 11 is 0. The minimum absolute atomic E-state index is 0.0131. The number of hydrogen-bond acceptors (Lipinski definition) is 6. The fourth-order valence-corrected chi connectivity index (χ4v) is 5.31. The van der Waals surface area contributed by atoms with Gasteiger partial charge in [0.25, 0.3) is 5.91 Å². The number of piperidine rings is 1. The monoisotopic (exact) mass is 565 g/mol. The van der Waals surface area contributed by atoms with Gasteiger partial charge >= 0.3 is 6.09 Å². The summed E-state index contributed by atoms with van der Waals surface area (Å²) in [6, 6.07) is 25.6. The third kappa shape index (κ3) is 7.05.